The molecule has 2 heteroatoms. The van der Waals surface area contributed by atoms with Gasteiger partial charge >= 0.3 is 0 Å². The van der Waals surface area contributed by atoms with Gasteiger partial charge in [-0.3, -0.25) is 0 Å². The van der Waals surface area contributed by atoms with Crippen LogP contribution in [-0.4, -0.2) is 6.61 Å². The third-order valence-corrected chi connectivity index (χ3v) is 1.53. The first-order chi connectivity index (χ1) is 5.68. The van der Waals surface area contributed by atoms with Gasteiger partial charge in [-0.25, -0.2) is 0 Å². The number of benzene rings is 1. The van der Waals surface area contributed by atoms with E-state index in [0.29, 0.717) is 17.5 Å². The zero-order valence-corrected chi connectivity index (χ0v) is 8.06. The third-order valence-electron chi connectivity index (χ3n) is 1.31. The smallest absolute Gasteiger partial charge is 0.121 e. The second-order valence-electron chi connectivity index (χ2n) is 3.09. The Kier molecular flexibility index (Phi) is 3.42. The summed E-state index contributed by atoms with van der Waals surface area (Å²) in [5, 5.41) is 0.663. The van der Waals surface area contributed by atoms with E-state index >= 15 is 0 Å². The van der Waals surface area contributed by atoms with Crippen LogP contribution in [0, 0.1) is 12.0 Å². The van der Waals surface area contributed by atoms with E-state index < -0.39 is 0 Å². The lowest BCUT2D eigenvalue weighted by molar-refractivity contribution is 0.271. The Morgan fingerprint density at radius 2 is 2.25 bits per heavy atom. The lowest BCUT2D eigenvalue weighted by Crippen LogP contribution is -2.04. The second kappa shape index (κ2) is 4.36. The summed E-state index contributed by atoms with van der Waals surface area (Å²) >= 11 is 5.75. The van der Waals surface area contributed by atoms with Crippen LogP contribution in [0.25, 0.3) is 0 Å². The first kappa shape index (κ1) is 9.40. The SMILES string of the molecule is CC(C)COc1c[c]cc(Cl)c1. The van der Waals surface area contributed by atoms with E-state index in [0.717, 1.165) is 5.75 Å². The van der Waals surface area contributed by atoms with E-state index in [4.69, 9.17) is 16.3 Å². The Morgan fingerprint density at radius 3 is 2.83 bits per heavy atom. The van der Waals surface area contributed by atoms with Crippen LogP contribution >= 0.6 is 11.6 Å². The van der Waals surface area contributed by atoms with Gasteiger partial charge in [-0.1, -0.05) is 25.4 Å². The van der Waals surface area contributed by atoms with Gasteiger partial charge in [-0.05, 0) is 30.2 Å². The van der Waals surface area contributed by atoms with Crippen LogP contribution in [0.4, 0.5) is 0 Å². The monoisotopic (exact) mass is 183 g/mol. The van der Waals surface area contributed by atoms with E-state index in [-0.39, 0.29) is 0 Å². The van der Waals surface area contributed by atoms with Crippen molar-refractivity contribution in [3.63, 3.8) is 0 Å². The quantitative estimate of drug-likeness (QED) is 0.700. The van der Waals surface area contributed by atoms with Gasteiger partial charge in [-0.2, -0.15) is 0 Å². The fourth-order valence-corrected chi connectivity index (χ4v) is 0.939. The molecule has 1 rings (SSSR count). The summed E-state index contributed by atoms with van der Waals surface area (Å²) < 4.78 is 5.43. The first-order valence-corrected chi connectivity index (χ1v) is 4.35. The minimum atomic E-state index is 0.531. The molecular formula is C10H12ClO. The van der Waals surface area contributed by atoms with Crippen LogP contribution in [0.5, 0.6) is 5.75 Å². The molecule has 0 bridgehead atoms. The van der Waals surface area contributed by atoms with Crippen LogP contribution < -0.4 is 4.74 Å². The molecule has 1 aromatic carbocycles. The van der Waals surface area contributed by atoms with Crippen LogP contribution in [0.3, 0.4) is 0 Å². The normalized spacial score (nSPS) is 10.3. The van der Waals surface area contributed by atoms with Crippen molar-refractivity contribution in [2.24, 2.45) is 5.92 Å². The largest absolute Gasteiger partial charge is 0.493 e. The van der Waals surface area contributed by atoms with Crippen molar-refractivity contribution in [3.05, 3.63) is 29.3 Å². The van der Waals surface area contributed by atoms with E-state index in [2.05, 4.69) is 19.9 Å². The van der Waals surface area contributed by atoms with E-state index in [1.54, 1.807) is 18.2 Å². The number of hydrogen-bond acceptors (Lipinski definition) is 1. The lowest BCUT2D eigenvalue weighted by atomic mass is 10.2. The minimum absolute atomic E-state index is 0.531. The van der Waals surface area contributed by atoms with Crippen molar-refractivity contribution < 1.29 is 4.74 Å². The first-order valence-electron chi connectivity index (χ1n) is 3.98. The maximum atomic E-state index is 5.75. The maximum absolute atomic E-state index is 5.75. The fourth-order valence-electron chi connectivity index (χ4n) is 0.769. The van der Waals surface area contributed by atoms with Crippen LogP contribution in [0.15, 0.2) is 18.2 Å². The summed E-state index contributed by atoms with van der Waals surface area (Å²) in [6.07, 6.45) is 0. The molecule has 1 radical (unpaired) electrons. The fraction of sp³-hybridized carbons (Fsp3) is 0.400. The second-order valence-corrected chi connectivity index (χ2v) is 3.53. The van der Waals surface area contributed by atoms with Crippen molar-refractivity contribution in [3.8, 4) is 5.75 Å². The van der Waals surface area contributed by atoms with Crippen molar-refractivity contribution in [2.45, 2.75) is 13.8 Å². The molecule has 0 saturated heterocycles. The van der Waals surface area contributed by atoms with Gasteiger partial charge in [-0.15, -0.1) is 0 Å². The van der Waals surface area contributed by atoms with Crippen LogP contribution in [-0.2, 0) is 0 Å². The highest BCUT2D eigenvalue weighted by molar-refractivity contribution is 6.30. The van der Waals surface area contributed by atoms with Gasteiger partial charge < -0.3 is 4.74 Å². The molecular weight excluding hydrogens is 172 g/mol. The molecule has 0 aliphatic heterocycles. The lowest BCUT2D eigenvalue weighted by Gasteiger charge is -2.07. The maximum Gasteiger partial charge on any atom is 0.121 e. The molecule has 12 heavy (non-hydrogen) atoms. The zero-order valence-electron chi connectivity index (χ0n) is 7.30. The van der Waals surface area contributed by atoms with Gasteiger partial charge in [0.2, 0.25) is 0 Å². The summed E-state index contributed by atoms with van der Waals surface area (Å²) in [5.74, 6) is 1.32. The molecule has 0 unspecified atom stereocenters. The molecule has 0 aromatic heterocycles. The summed E-state index contributed by atoms with van der Waals surface area (Å²) in [6, 6.07) is 8.19. The number of rotatable bonds is 3. The van der Waals surface area contributed by atoms with Gasteiger partial charge in [0.25, 0.3) is 0 Å². The molecule has 0 spiro atoms. The Morgan fingerprint density at radius 1 is 1.50 bits per heavy atom. The number of hydrogen-bond donors (Lipinski definition) is 0. The van der Waals surface area contributed by atoms with Crippen molar-refractivity contribution in [1.82, 2.24) is 0 Å². The van der Waals surface area contributed by atoms with E-state index in [9.17, 15) is 0 Å². The Bertz CT molecular complexity index is 245. The van der Waals surface area contributed by atoms with Crippen LogP contribution in [0.1, 0.15) is 13.8 Å². The Labute approximate surface area is 78.3 Å². The van der Waals surface area contributed by atoms with E-state index in [1.165, 1.54) is 0 Å². The molecule has 0 aliphatic carbocycles. The van der Waals surface area contributed by atoms with Crippen molar-refractivity contribution in [1.29, 1.82) is 0 Å². The predicted octanol–water partition coefficient (Wildman–Crippen LogP) is 3.17. The number of halogens is 1. The number of ether oxygens (including phenoxy) is 1. The topological polar surface area (TPSA) is 9.23 Å². The molecule has 1 aromatic rings. The molecule has 0 atom stereocenters. The van der Waals surface area contributed by atoms with Gasteiger partial charge in [0, 0.05) is 5.02 Å². The highest BCUT2D eigenvalue weighted by Gasteiger charge is 1.96. The molecule has 0 heterocycles. The third kappa shape index (κ3) is 3.14. The summed E-state index contributed by atoms with van der Waals surface area (Å²) in [5.41, 5.74) is 0. The van der Waals surface area contributed by atoms with Crippen molar-refractivity contribution in [2.75, 3.05) is 6.61 Å². The Balaban J connectivity index is 2.52. The molecule has 0 amide bonds. The molecule has 1 nitrogen and oxygen atoms in total. The van der Waals surface area contributed by atoms with Gasteiger partial charge in [0.15, 0.2) is 0 Å². The zero-order chi connectivity index (χ0) is 8.97. The van der Waals surface area contributed by atoms with Crippen molar-refractivity contribution >= 4 is 11.6 Å². The molecule has 0 aliphatic rings. The molecule has 0 N–H and O–H groups in total. The molecule has 0 saturated carbocycles. The Hall–Kier alpha value is -0.690. The standard InChI is InChI=1S/C10H12ClO/c1-8(2)7-12-10-5-3-4-9(11)6-10/h4-6,8H,7H2,1-2H3. The van der Waals surface area contributed by atoms with Gasteiger partial charge in [0.1, 0.15) is 5.75 Å². The van der Waals surface area contributed by atoms with Gasteiger partial charge in [0.05, 0.1) is 6.61 Å². The highest BCUT2D eigenvalue weighted by Crippen LogP contribution is 2.17. The average Bonchev–Trinajstić information content (AvgIpc) is 2.01. The average molecular weight is 184 g/mol. The van der Waals surface area contributed by atoms with Crippen LogP contribution in [0.2, 0.25) is 5.02 Å². The summed E-state index contributed by atoms with van der Waals surface area (Å²) in [6.45, 7) is 4.93. The predicted molar refractivity (Wildman–Crippen MR) is 50.6 cm³/mol. The molecule has 0 fully saturated rings. The minimum Gasteiger partial charge on any atom is -0.493 e. The van der Waals surface area contributed by atoms with E-state index in [1.807, 2.05) is 0 Å². The summed E-state index contributed by atoms with van der Waals surface area (Å²) in [7, 11) is 0. The molecule has 65 valence electrons. The summed E-state index contributed by atoms with van der Waals surface area (Å²) in [4.78, 5) is 0. The highest BCUT2D eigenvalue weighted by atomic mass is 35.5.